The van der Waals surface area contributed by atoms with Crippen LogP contribution in [0.25, 0.3) is 16.9 Å². The van der Waals surface area contributed by atoms with E-state index in [-0.39, 0.29) is 31.3 Å². The lowest BCUT2D eigenvalue weighted by atomic mass is 10.1. The van der Waals surface area contributed by atoms with Gasteiger partial charge in [0.25, 0.3) is 11.8 Å². The Kier molecular flexibility index (Phi) is 6.44. The van der Waals surface area contributed by atoms with E-state index in [1.807, 2.05) is 34.9 Å². The Morgan fingerprint density at radius 3 is 2.42 bits per heavy atom. The summed E-state index contributed by atoms with van der Waals surface area (Å²) in [5, 5.41) is 19.5. The van der Waals surface area contributed by atoms with Gasteiger partial charge in [0.2, 0.25) is 0 Å². The van der Waals surface area contributed by atoms with Crippen molar-refractivity contribution in [3.8, 4) is 16.9 Å². The molecule has 1 aliphatic heterocycles. The first-order valence-electron chi connectivity index (χ1n) is 11.8. The van der Waals surface area contributed by atoms with Gasteiger partial charge < -0.3 is 21.1 Å². The van der Waals surface area contributed by atoms with Gasteiger partial charge in [-0.25, -0.2) is 4.98 Å². The van der Waals surface area contributed by atoms with Crippen LogP contribution in [0.2, 0.25) is 0 Å². The zero-order chi connectivity index (χ0) is 26.8. The number of hydrogen-bond acceptors (Lipinski definition) is 5. The molecule has 10 nitrogen and oxygen atoms in total. The van der Waals surface area contributed by atoms with E-state index in [1.165, 1.54) is 4.90 Å². The van der Waals surface area contributed by atoms with Gasteiger partial charge >= 0.3 is 5.97 Å². The Bertz CT molecular complexity index is 1560. The molecule has 0 aliphatic carbocycles. The maximum Gasteiger partial charge on any atom is 0.305 e. The van der Waals surface area contributed by atoms with Gasteiger partial charge in [0.1, 0.15) is 11.7 Å². The van der Waals surface area contributed by atoms with Crippen molar-refractivity contribution in [3.63, 3.8) is 0 Å². The summed E-state index contributed by atoms with van der Waals surface area (Å²) in [5.74, 6) is -1.25. The second kappa shape index (κ2) is 10.0. The van der Waals surface area contributed by atoms with E-state index in [0.29, 0.717) is 33.9 Å². The van der Waals surface area contributed by atoms with Crippen molar-refractivity contribution >= 4 is 29.3 Å². The van der Waals surface area contributed by atoms with E-state index in [0.717, 1.165) is 11.3 Å². The Hall–Kier alpha value is -5.25. The fraction of sp³-hybridized carbons (Fsp3) is 0.107. The van der Waals surface area contributed by atoms with Crippen molar-refractivity contribution in [2.24, 2.45) is 5.73 Å². The zero-order valence-corrected chi connectivity index (χ0v) is 20.2. The SMILES string of the molecule is N=C(N)c1ccc(C(=O)Nc2ccc3c(c2)C(=O)N(CCC(=O)O)Cc2ncc(-c4ccccc4)n2-3)cc1. The van der Waals surface area contributed by atoms with Crippen LogP contribution in [0, 0.1) is 5.41 Å². The van der Waals surface area contributed by atoms with Crippen LogP contribution < -0.4 is 11.1 Å². The Balaban J connectivity index is 1.54. The predicted octanol–water partition coefficient (Wildman–Crippen LogP) is 3.51. The molecular formula is C28H24N6O4. The molecule has 1 aromatic heterocycles. The third-order valence-electron chi connectivity index (χ3n) is 6.30. The molecule has 0 bridgehead atoms. The minimum Gasteiger partial charge on any atom is -0.481 e. The standard InChI is InChI=1S/C28H24N6O4/c29-26(30)18-6-8-19(9-7-18)27(37)32-20-10-11-22-21(14-20)28(38)33(13-12-25(35)36)16-24-31-15-23(34(22)24)17-4-2-1-3-5-17/h1-11,14-15H,12-13,16H2,(H3,29,30)(H,32,37)(H,35,36). The first-order valence-corrected chi connectivity index (χ1v) is 11.8. The van der Waals surface area contributed by atoms with Crippen LogP contribution in [0.15, 0.2) is 79.0 Å². The number of aliphatic carboxylic acids is 1. The molecule has 5 rings (SSSR count). The molecule has 4 aromatic rings. The third kappa shape index (κ3) is 4.74. The highest BCUT2D eigenvalue weighted by molar-refractivity contribution is 6.06. The van der Waals surface area contributed by atoms with Crippen LogP contribution in [-0.2, 0) is 11.3 Å². The van der Waals surface area contributed by atoms with Gasteiger partial charge in [-0.15, -0.1) is 0 Å². The number of carbonyl (C=O) groups is 3. The zero-order valence-electron chi connectivity index (χ0n) is 20.2. The van der Waals surface area contributed by atoms with Gasteiger partial charge in [-0.05, 0) is 30.3 Å². The molecule has 3 aromatic carbocycles. The summed E-state index contributed by atoms with van der Waals surface area (Å²) in [6.45, 7) is 0.151. The highest BCUT2D eigenvalue weighted by Gasteiger charge is 2.29. The first kappa shape index (κ1) is 24.4. The smallest absolute Gasteiger partial charge is 0.305 e. The fourth-order valence-corrected chi connectivity index (χ4v) is 4.39. The van der Waals surface area contributed by atoms with Crippen molar-refractivity contribution in [3.05, 3.63) is 102 Å². The van der Waals surface area contributed by atoms with Crippen molar-refractivity contribution in [1.82, 2.24) is 14.5 Å². The summed E-state index contributed by atoms with van der Waals surface area (Å²) in [7, 11) is 0. The molecule has 0 spiro atoms. The van der Waals surface area contributed by atoms with Crippen LogP contribution in [0.3, 0.4) is 0 Å². The predicted molar refractivity (Wildman–Crippen MR) is 141 cm³/mol. The van der Waals surface area contributed by atoms with Crippen molar-refractivity contribution in [2.75, 3.05) is 11.9 Å². The first-order chi connectivity index (χ1) is 18.3. The topological polar surface area (TPSA) is 154 Å². The molecule has 2 heterocycles. The number of nitrogens with two attached hydrogens (primary N) is 1. The van der Waals surface area contributed by atoms with E-state index in [1.54, 1.807) is 48.7 Å². The summed E-state index contributed by atoms with van der Waals surface area (Å²) in [6.07, 6.45) is 1.53. The number of amidine groups is 1. The number of nitrogens with one attached hydrogen (secondary N) is 2. The summed E-state index contributed by atoms with van der Waals surface area (Å²) in [6, 6.07) is 21.0. The second-order valence-corrected chi connectivity index (χ2v) is 8.81. The monoisotopic (exact) mass is 508 g/mol. The molecule has 0 saturated heterocycles. The average molecular weight is 509 g/mol. The quantitative estimate of drug-likeness (QED) is 0.221. The average Bonchev–Trinajstić information content (AvgIpc) is 3.29. The molecule has 0 atom stereocenters. The number of carbonyl (C=O) groups excluding carboxylic acids is 2. The molecule has 190 valence electrons. The second-order valence-electron chi connectivity index (χ2n) is 8.81. The lowest BCUT2D eigenvalue weighted by molar-refractivity contribution is -0.137. The van der Waals surface area contributed by atoms with Gasteiger partial charge in [0.05, 0.1) is 36.1 Å². The molecule has 2 amide bonds. The molecule has 0 saturated carbocycles. The Morgan fingerprint density at radius 2 is 1.74 bits per heavy atom. The number of rotatable bonds is 7. The molecule has 0 fully saturated rings. The largest absolute Gasteiger partial charge is 0.481 e. The van der Waals surface area contributed by atoms with Crippen LogP contribution in [0.1, 0.15) is 38.5 Å². The number of fused-ring (bicyclic) bond motifs is 3. The number of hydrogen-bond donors (Lipinski definition) is 4. The van der Waals surface area contributed by atoms with Gasteiger partial charge in [-0.3, -0.25) is 24.4 Å². The number of carboxylic acid groups (broad SMARTS) is 1. The van der Waals surface area contributed by atoms with Crippen molar-refractivity contribution in [1.29, 1.82) is 5.41 Å². The maximum absolute atomic E-state index is 13.6. The summed E-state index contributed by atoms with van der Waals surface area (Å²) < 4.78 is 1.90. The lowest BCUT2D eigenvalue weighted by Crippen LogP contribution is -2.32. The molecule has 0 radical (unpaired) electrons. The van der Waals surface area contributed by atoms with E-state index in [4.69, 9.17) is 11.1 Å². The van der Waals surface area contributed by atoms with Crippen molar-refractivity contribution in [2.45, 2.75) is 13.0 Å². The molecule has 1 aliphatic rings. The molecular weight excluding hydrogens is 484 g/mol. The maximum atomic E-state index is 13.6. The summed E-state index contributed by atoms with van der Waals surface area (Å²) in [4.78, 5) is 43.8. The Labute approximate surface area is 217 Å². The lowest BCUT2D eigenvalue weighted by Gasteiger charge is -2.19. The minimum atomic E-state index is -1.01. The van der Waals surface area contributed by atoms with E-state index in [2.05, 4.69) is 10.3 Å². The van der Waals surface area contributed by atoms with Gasteiger partial charge in [-0.1, -0.05) is 42.5 Å². The van der Waals surface area contributed by atoms with Crippen LogP contribution in [0.4, 0.5) is 5.69 Å². The van der Waals surface area contributed by atoms with Crippen molar-refractivity contribution < 1.29 is 19.5 Å². The van der Waals surface area contributed by atoms with E-state index >= 15 is 0 Å². The highest BCUT2D eigenvalue weighted by atomic mass is 16.4. The van der Waals surface area contributed by atoms with Crippen LogP contribution in [0.5, 0.6) is 0 Å². The van der Waals surface area contributed by atoms with Gasteiger partial charge in [0, 0.05) is 28.9 Å². The van der Waals surface area contributed by atoms with Crippen LogP contribution in [-0.4, -0.2) is 49.7 Å². The molecule has 38 heavy (non-hydrogen) atoms. The molecule has 0 unspecified atom stereocenters. The number of amides is 2. The summed E-state index contributed by atoms with van der Waals surface area (Å²) >= 11 is 0. The number of aromatic nitrogens is 2. The highest BCUT2D eigenvalue weighted by Crippen LogP contribution is 2.32. The van der Waals surface area contributed by atoms with E-state index in [9.17, 15) is 19.5 Å². The number of nitrogens with zero attached hydrogens (tertiary/aromatic N) is 3. The number of anilines is 1. The number of imidazole rings is 1. The van der Waals surface area contributed by atoms with Gasteiger partial charge in [0.15, 0.2) is 0 Å². The normalized spacial score (nSPS) is 12.3. The summed E-state index contributed by atoms with van der Waals surface area (Å²) in [5.41, 5.74) is 9.36. The fourth-order valence-electron chi connectivity index (χ4n) is 4.39. The number of nitrogen functional groups attached to an aromatic ring is 1. The van der Waals surface area contributed by atoms with E-state index < -0.39 is 11.9 Å². The number of benzene rings is 3. The third-order valence-corrected chi connectivity index (χ3v) is 6.30. The minimum absolute atomic E-state index is 0.0141. The molecule has 5 N–H and O–H groups in total. The van der Waals surface area contributed by atoms with Gasteiger partial charge in [-0.2, -0.15) is 0 Å². The van der Waals surface area contributed by atoms with Crippen LogP contribution >= 0.6 is 0 Å². The Morgan fingerprint density at radius 1 is 1.03 bits per heavy atom. The molecule has 10 heteroatoms. The number of carboxylic acids is 1.